The van der Waals surface area contributed by atoms with Gasteiger partial charge in [-0.2, -0.15) is 8.78 Å². The molecule has 0 amide bonds. The third-order valence-corrected chi connectivity index (χ3v) is 2.93. The van der Waals surface area contributed by atoms with Gasteiger partial charge in [-0.15, -0.1) is 0 Å². The normalized spacial score (nSPS) is 20.9. The Kier molecular flexibility index (Phi) is 2.04. The number of aryl methyl sites for hydroxylation is 1. The fourth-order valence-electron chi connectivity index (χ4n) is 1.87. The van der Waals surface area contributed by atoms with Crippen LogP contribution in [0.25, 0.3) is 0 Å². The highest BCUT2D eigenvalue weighted by atomic mass is 19.3. The molecule has 0 saturated heterocycles. The van der Waals surface area contributed by atoms with E-state index in [2.05, 4.69) is 0 Å². The van der Waals surface area contributed by atoms with Crippen LogP contribution in [0.1, 0.15) is 31.9 Å². The molecular weight excluding hydrogens is 198 g/mol. The first-order valence-electron chi connectivity index (χ1n) is 5.09. The topological polar surface area (TPSA) is 9.23 Å². The molecule has 1 heterocycles. The smallest absolute Gasteiger partial charge is 0.314 e. The second-order valence-electron chi connectivity index (χ2n) is 4.33. The SMILES string of the molecule is CCc1cccc2c1OC(C)(C)C2(F)F. The first-order valence-corrected chi connectivity index (χ1v) is 5.09. The van der Waals surface area contributed by atoms with Gasteiger partial charge in [0, 0.05) is 0 Å². The molecule has 1 aliphatic rings. The van der Waals surface area contributed by atoms with Crippen LogP contribution in [0.5, 0.6) is 5.75 Å². The Balaban J connectivity index is 2.62. The third-order valence-electron chi connectivity index (χ3n) is 2.93. The Morgan fingerprint density at radius 1 is 1.27 bits per heavy atom. The first kappa shape index (κ1) is 10.4. The molecule has 82 valence electrons. The number of benzene rings is 1. The van der Waals surface area contributed by atoms with Crippen molar-refractivity contribution in [2.75, 3.05) is 0 Å². The average molecular weight is 212 g/mol. The van der Waals surface area contributed by atoms with E-state index in [0.717, 1.165) is 5.56 Å². The standard InChI is InChI=1S/C12H14F2O/c1-4-8-6-5-7-9-10(8)15-11(2,3)12(9,13)14/h5-7H,4H2,1-3H3. The molecule has 0 unspecified atom stereocenters. The molecule has 0 saturated carbocycles. The molecule has 15 heavy (non-hydrogen) atoms. The van der Waals surface area contributed by atoms with E-state index in [0.29, 0.717) is 12.2 Å². The highest BCUT2D eigenvalue weighted by Crippen LogP contribution is 2.52. The van der Waals surface area contributed by atoms with Gasteiger partial charge in [-0.25, -0.2) is 0 Å². The van der Waals surface area contributed by atoms with Crippen molar-refractivity contribution in [3.63, 3.8) is 0 Å². The van der Waals surface area contributed by atoms with Gasteiger partial charge in [-0.3, -0.25) is 0 Å². The molecule has 1 aromatic rings. The molecule has 0 bridgehead atoms. The maximum Gasteiger partial charge on any atom is 0.314 e. The van der Waals surface area contributed by atoms with Gasteiger partial charge in [0.25, 0.3) is 0 Å². The summed E-state index contributed by atoms with van der Waals surface area (Å²) in [6.45, 7) is 4.78. The van der Waals surface area contributed by atoms with Gasteiger partial charge >= 0.3 is 5.92 Å². The van der Waals surface area contributed by atoms with Crippen molar-refractivity contribution >= 4 is 0 Å². The predicted molar refractivity (Wildman–Crippen MR) is 54.4 cm³/mol. The number of hydrogen-bond donors (Lipinski definition) is 0. The Hall–Kier alpha value is -1.12. The van der Waals surface area contributed by atoms with E-state index >= 15 is 0 Å². The molecule has 1 nitrogen and oxygen atoms in total. The van der Waals surface area contributed by atoms with Crippen LogP contribution >= 0.6 is 0 Å². The number of fused-ring (bicyclic) bond motifs is 1. The summed E-state index contributed by atoms with van der Waals surface area (Å²) in [6, 6.07) is 4.94. The average Bonchev–Trinajstić information content (AvgIpc) is 2.34. The summed E-state index contributed by atoms with van der Waals surface area (Å²) >= 11 is 0. The quantitative estimate of drug-likeness (QED) is 0.692. The van der Waals surface area contributed by atoms with E-state index in [1.165, 1.54) is 19.9 Å². The minimum atomic E-state index is -2.91. The summed E-state index contributed by atoms with van der Waals surface area (Å²) in [7, 11) is 0. The van der Waals surface area contributed by atoms with Crippen LogP contribution in [0, 0.1) is 0 Å². The second kappa shape index (κ2) is 2.94. The second-order valence-corrected chi connectivity index (χ2v) is 4.33. The Bertz CT molecular complexity index is 397. The van der Waals surface area contributed by atoms with E-state index in [1.54, 1.807) is 6.07 Å². The number of halogens is 2. The minimum Gasteiger partial charge on any atom is -0.480 e. The van der Waals surface area contributed by atoms with Crippen LogP contribution in [-0.4, -0.2) is 5.60 Å². The summed E-state index contributed by atoms with van der Waals surface area (Å²) in [5.74, 6) is -2.54. The monoisotopic (exact) mass is 212 g/mol. The Morgan fingerprint density at radius 2 is 1.93 bits per heavy atom. The fraction of sp³-hybridized carbons (Fsp3) is 0.500. The van der Waals surface area contributed by atoms with Crippen LogP contribution in [0.3, 0.4) is 0 Å². The lowest BCUT2D eigenvalue weighted by Gasteiger charge is -2.25. The predicted octanol–water partition coefficient (Wildman–Crippen LogP) is 3.51. The van der Waals surface area contributed by atoms with Crippen molar-refractivity contribution in [3.05, 3.63) is 29.3 Å². The van der Waals surface area contributed by atoms with E-state index in [4.69, 9.17) is 4.74 Å². The Labute approximate surface area is 88.1 Å². The maximum absolute atomic E-state index is 13.9. The van der Waals surface area contributed by atoms with Crippen molar-refractivity contribution in [1.82, 2.24) is 0 Å². The molecule has 3 heteroatoms. The van der Waals surface area contributed by atoms with Gasteiger partial charge < -0.3 is 4.74 Å². The molecule has 0 radical (unpaired) electrons. The molecular formula is C12H14F2O. The van der Waals surface area contributed by atoms with Crippen LogP contribution in [-0.2, 0) is 12.3 Å². The molecule has 2 rings (SSSR count). The fourth-order valence-corrected chi connectivity index (χ4v) is 1.87. The molecule has 1 aliphatic heterocycles. The number of ether oxygens (including phenoxy) is 1. The maximum atomic E-state index is 13.9. The van der Waals surface area contributed by atoms with Crippen LogP contribution in [0.4, 0.5) is 8.78 Å². The molecule has 0 N–H and O–H groups in total. The first-order chi connectivity index (χ1) is 6.90. The lowest BCUT2D eigenvalue weighted by molar-refractivity contribution is -0.127. The lowest BCUT2D eigenvalue weighted by atomic mass is 9.95. The van der Waals surface area contributed by atoms with Crippen LogP contribution < -0.4 is 4.74 Å². The largest absolute Gasteiger partial charge is 0.480 e. The van der Waals surface area contributed by atoms with Gasteiger partial charge in [0.15, 0.2) is 5.60 Å². The van der Waals surface area contributed by atoms with E-state index in [1.807, 2.05) is 13.0 Å². The highest BCUT2D eigenvalue weighted by Gasteiger charge is 2.57. The van der Waals surface area contributed by atoms with Crippen molar-refractivity contribution in [2.45, 2.75) is 38.7 Å². The molecule has 0 aliphatic carbocycles. The summed E-state index contributed by atoms with van der Waals surface area (Å²) in [6.07, 6.45) is 0.704. The van der Waals surface area contributed by atoms with E-state index in [9.17, 15) is 8.78 Å². The van der Waals surface area contributed by atoms with Gasteiger partial charge in [0.1, 0.15) is 5.75 Å². The van der Waals surface area contributed by atoms with Gasteiger partial charge in [0.2, 0.25) is 0 Å². The third kappa shape index (κ3) is 1.25. The van der Waals surface area contributed by atoms with Crippen LogP contribution in [0.2, 0.25) is 0 Å². The minimum absolute atomic E-state index is 0.0202. The van der Waals surface area contributed by atoms with Crippen LogP contribution in [0.15, 0.2) is 18.2 Å². The van der Waals surface area contributed by atoms with Crippen molar-refractivity contribution in [1.29, 1.82) is 0 Å². The number of alkyl halides is 2. The molecule has 0 atom stereocenters. The van der Waals surface area contributed by atoms with Crippen molar-refractivity contribution < 1.29 is 13.5 Å². The number of hydrogen-bond acceptors (Lipinski definition) is 1. The lowest BCUT2D eigenvalue weighted by Crippen LogP contribution is -2.39. The van der Waals surface area contributed by atoms with E-state index in [-0.39, 0.29) is 5.56 Å². The molecule has 1 aromatic carbocycles. The number of rotatable bonds is 1. The zero-order valence-corrected chi connectivity index (χ0v) is 9.10. The van der Waals surface area contributed by atoms with Gasteiger partial charge in [-0.05, 0) is 31.9 Å². The Morgan fingerprint density at radius 3 is 2.53 bits per heavy atom. The summed E-state index contributed by atoms with van der Waals surface area (Å²) in [5.41, 5.74) is -0.578. The highest BCUT2D eigenvalue weighted by molar-refractivity contribution is 5.49. The molecule has 0 aromatic heterocycles. The zero-order chi connectivity index (χ0) is 11.3. The van der Waals surface area contributed by atoms with Crippen molar-refractivity contribution in [3.8, 4) is 5.75 Å². The molecule has 0 spiro atoms. The summed E-state index contributed by atoms with van der Waals surface area (Å²) in [5, 5.41) is 0. The summed E-state index contributed by atoms with van der Waals surface area (Å²) in [4.78, 5) is 0. The number of para-hydroxylation sites is 1. The van der Waals surface area contributed by atoms with Crippen molar-refractivity contribution in [2.24, 2.45) is 0 Å². The van der Waals surface area contributed by atoms with Gasteiger partial charge in [0.05, 0.1) is 5.56 Å². The molecule has 0 fully saturated rings. The zero-order valence-electron chi connectivity index (χ0n) is 9.10. The van der Waals surface area contributed by atoms with E-state index < -0.39 is 11.5 Å². The van der Waals surface area contributed by atoms with Gasteiger partial charge in [-0.1, -0.05) is 19.1 Å². The summed E-state index contributed by atoms with van der Waals surface area (Å²) < 4.78 is 33.2.